The van der Waals surface area contributed by atoms with Gasteiger partial charge in [-0.15, -0.1) is 0 Å². The highest BCUT2D eigenvalue weighted by Gasteiger charge is 2.05. The average Bonchev–Trinajstić information content (AvgIpc) is 2.26. The normalized spacial score (nSPS) is 10.7. The number of hydrogen-bond donors (Lipinski definition) is 1. The van der Waals surface area contributed by atoms with Crippen LogP contribution in [0.5, 0.6) is 0 Å². The molecule has 0 atom stereocenters. The first kappa shape index (κ1) is 14.4. The third-order valence-corrected chi connectivity index (χ3v) is 2.64. The van der Waals surface area contributed by atoms with E-state index in [2.05, 4.69) is 19.2 Å². The summed E-state index contributed by atoms with van der Waals surface area (Å²) in [6.07, 6.45) is 3.67. The van der Waals surface area contributed by atoms with E-state index in [-0.39, 0.29) is 5.91 Å². The molecule has 1 N–H and O–H groups in total. The zero-order valence-electron chi connectivity index (χ0n) is 10.3. The lowest BCUT2D eigenvalue weighted by Gasteiger charge is -2.13. The Bertz CT molecular complexity index is 156. The molecule has 3 heteroatoms. The number of amides is 1. The van der Waals surface area contributed by atoms with Crippen LogP contribution in [0.25, 0.3) is 0 Å². The molecule has 0 aromatic heterocycles. The van der Waals surface area contributed by atoms with E-state index >= 15 is 0 Å². The minimum atomic E-state index is 0.154. The van der Waals surface area contributed by atoms with Crippen molar-refractivity contribution in [3.8, 4) is 0 Å². The first-order valence-corrected chi connectivity index (χ1v) is 6.08. The second-order valence-corrected chi connectivity index (χ2v) is 3.79. The summed E-state index contributed by atoms with van der Waals surface area (Å²) in [5.41, 5.74) is 0. The van der Waals surface area contributed by atoms with E-state index < -0.39 is 0 Å². The van der Waals surface area contributed by atoms with Gasteiger partial charge in [0.2, 0.25) is 5.91 Å². The van der Waals surface area contributed by atoms with Gasteiger partial charge in [-0.2, -0.15) is 0 Å². The van der Waals surface area contributed by atoms with Crippen molar-refractivity contribution in [2.45, 2.75) is 46.5 Å². The van der Waals surface area contributed by atoms with E-state index in [1.165, 1.54) is 0 Å². The third-order valence-electron chi connectivity index (χ3n) is 2.64. The van der Waals surface area contributed by atoms with Crippen molar-refractivity contribution in [3.63, 3.8) is 0 Å². The quantitative estimate of drug-likeness (QED) is 0.600. The molecule has 0 aliphatic heterocycles. The van der Waals surface area contributed by atoms with E-state index in [1.54, 1.807) is 0 Å². The number of ether oxygens (including phenoxy) is 1. The van der Waals surface area contributed by atoms with Crippen LogP contribution in [0, 0.1) is 5.92 Å². The molecule has 90 valence electrons. The monoisotopic (exact) mass is 215 g/mol. The highest BCUT2D eigenvalue weighted by atomic mass is 16.5. The van der Waals surface area contributed by atoms with Crippen LogP contribution in [0.15, 0.2) is 0 Å². The SMILES string of the molecule is CCOCCCC(=O)NCC(CC)CC. The molecule has 0 heterocycles. The van der Waals surface area contributed by atoms with Gasteiger partial charge in [0.15, 0.2) is 0 Å². The van der Waals surface area contributed by atoms with Crippen LogP contribution in [0.2, 0.25) is 0 Å². The Morgan fingerprint density at radius 1 is 1.27 bits per heavy atom. The number of rotatable bonds is 9. The summed E-state index contributed by atoms with van der Waals surface area (Å²) in [6, 6.07) is 0. The molecule has 0 spiro atoms. The number of nitrogens with one attached hydrogen (secondary N) is 1. The Hall–Kier alpha value is -0.570. The van der Waals surface area contributed by atoms with Crippen LogP contribution in [-0.2, 0) is 9.53 Å². The maximum Gasteiger partial charge on any atom is 0.220 e. The van der Waals surface area contributed by atoms with E-state index in [1.807, 2.05) is 6.92 Å². The van der Waals surface area contributed by atoms with Crippen LogP contribution in [-0.4, -0.2) is 25.7 Å². The largest absolute Gasteiger partial charge is 0.382 e. The summed E-state index contributed by atoms with van der Waals surface area (Å²) in [5.74, 6) is 0.780. The fourth-order valence-corrected chi connectivity index (χ4v) is 1.40. The van der Waals surface area contributed by atoms with Gasteiger partial charge in [0.25, 0.3) is 0 Å². The van der Waals surface area contributed by atoms with E-state index in [9.17, 15) is 4.79 Å². The summed E-state index contributed by atoms with van der Waals surface area (Å²) in [4.78, 5) is 11.4. The summed E-state index contributed by atoms with van der Waals surface area (Å²) < 4.78 is 5.17. The molecule has 0 bridgehead atoms. The van der Waals surface area contributed by atoms with Crippen molar-refractivity contribution in [2.24, 2.45) is 5.92 Å². The van der Waals surface area contributed by atoms with Gasteiger partial charge < -0.3 is 10.1 Å². The number of carbonyl (C=O) groups excluding carboxylic acids is 1. The molecule has 0 unspecified atom stereocenters. The third kappa shape index (κ3) is 8.43. The Kier molecular flexibility index (Phi) is 9.59. The second-order valence-electron chi connectivity index (χ2n) is 3.79. The van der Waals surface area contributed by atoms with Crippen LogP contribution < -0.4 is 5.32 Å². The van der Waals surface area contributed by atoms with Gasteiger partial charge in [-0.05, 0) is 19.3 Å². The fraction of sp³-hybridized carbons (Fsp3) is 0.917. The van der Waals surface area contributed by atoms with Crippen molar-refractivity contribution in [3.05, 3.63) is 0 Å². The summed E-state index contributed by atoms with van der Waals surface area (Å²) >= 11 is 0. The first-order valence-electron chi connectivity index (χ1n) is 6.08. The van der Waals surface area contributed by atoms with Crippen LogP contribution in [0.3, 0.4) is 0 Å². The Morgan fingerprint density at radius 2 is 1.93 bits per heavy atom. The van der Waals surface area contributed by atoms with Gasteiger partial charge in [-0.1, -0.05) is 26.7 Å². The molecule has 0 aliphatic rings. The summed E-state index contributed by atoms with van der Waals surface area (Å²) in [7, 11) is 0. The van der Waals surface area contributed by atoms with Crippen LogP contribution >= 0.6 is 0 Å². The van der Waals surface area contributed by atoms with Crippen LogP contribution in [0.1, 0.15) is 46.5 Å². The Labute approximate surface area is 93.6 Å². The average molecular weight is 215 g/mol. The molecule has 0 radical (unpaired) electrons. The molecule has 0 aromatic rings. The molecule has 0 aromatic carbocycles. The molecule has 0 rings (SSSR count). The van der Waals surface area contributed by atoms with Crippen molar-refractivity contribution in [1.82, 2.24) is 5.32 Å². The van der Waals surface area contributed by atoms with Crippen molar-refractivity contribution < 1.29 is 9.53 Å². The van der Waals surface area contributed by atoms with Gasteiger partial charge in [-0.25, -0.2) is 0 Å². The van der Waals surface area contributed by atoms with E-state index in [4.69, 9.17) is 4.74 Å². The van der Waals surface area contributed by atoms with Gasteiger partial charge >= 0.3 is 0 Å². The lowest BCUT2D eigenvalue weighted by atomic mass is 10.0. The number of carbonyl (C=O) groups is 1. The predicted octanol–water partition coefficient (Wildman–Crippen LogP) is 2.36. The summed E-state index contributed by atoms with van der Waals surface area (Å²) in [5, 5.41) is 2.97. The minimum Gasteiger partial charge on any atom is -0.382 e. The van der Waals surface area contributed by atoms with E-state index in [0.29, 0.717) is 18.9 Å². The lowest BCUT2D eigenvalue weighted by molar-refractivity contribution is -0.121. The Morgan fingerprint density at radius 3 is 2.47 bits per heavy atom. The molecule has 0 fully saturated rings. The molecule has 15 heavy (non-hydrogen) atoms. The first-order chi connectivity index (χ1) is 7.24. The zero-order valence-corrected chi connectivity index (χ0v) is 10.3. The van der Waals surface area contributed by atoms with Crippen molar-refractivity contribution in [2.75, 3.05) is 19.8 Å². The standard InChI is InChI=1S/C12H25NO2/c1-4-11(5-2)10-13-12(14)8-7-9-15-6-3/h11H,4-10H2,1-3H3,(H,13,14). The van der Waals surface area contributed by atoms with Gasteiger partial charge in [0.05, 0.1) is 0 Å². The molecule has 3 nitrogen and oxygen atoms in total. The highest BCUT2D eigenvalue weighted by Crippen LogP contribution is 2.05. The van der Waals surface area contributed by atoms with Gasteiger partial charge in [0.1, 0.15) is 0 Å². The van der Waals surface area contributed by atoms with Crippen molar-refractivity contribution >= 4 is 5.91 Å². The maximum atomic E-state index is 11.4. The lowest BCUT2D eigenvalue weighted by Crippen LogP contribution is -2.28. The smallest absolute Gasteiger partial charge is 0.220 e. The molecular formula is C12H25NO2. The summed E-state index contributed by atoms with van der Waals surface area (Å²) in [6.45, 7) is 8.53. The fourth-order valence-electron chi connectivity index (χ4n) is 1.40. The van der Waals surface area contributed by atoms with Crippen LogP contribution in [0.4, 0.5) is 0 Å². The second kappa shape index (κ2) is 9.97. The molecule has 0 saturated carbocycles. The topological polar surface area (TPSA) is 38.3 Å². The maximum absolute atomic E-state index is 11.4. The zero-order chi connectivity index (χ0) is 11.5. The molecule has 0 aliphatic carbocycles. The predicted molar refractivity (Wildman–Crippen MR) is 62.8 cm³/mol. The highest BCUT2D eigenvalue weighted by molar-refractivity contribution is 5.75. The van der Waals surface area contributed by atoms with Gasteiger partial charge in [-0.3, -0.25) is 4.79 Å². The minimum absolute atomic E-state index is 0.154. The van der Waals surface area contributed by atoms with E-state index in [0.717, 1.165) is 32.4 Å². The van der Waals surface area contributed by atoms with Gasteiger partial charge in [0, 0.05) is 26.2 Å². The molecule has 0 saturated heterocycles. The molecule has 1 amide bonds. The number of hydrogen-bond acceptors (Lipinski definition) is 2. The van der Waals surface area contributed by atoms with Crippen molar-refractivity contribution in [1.29, 1.82) is 0 Å². The Balaban J connectivity index is 3.40. The molecular weight excluding hydrogens is 190 g/mol.